The summed E-state index contributed by atoms with van der Waals surface area (Å²) in [6.45, 7) is 5.54. The molecule has 0 unspecified atom stereocenters. The number of benzene rings is 3. The van der Waals surface area contributed by atoms with Crippen molar-refractivity contribution >= 4 is 45.5 Å². The molecule has 1 N–H and O–H groups in total. The van der Waals surface area contributed by atoms with Crippen LogP contribution in [0.5, 0.6) is 5.75 Å². The summed E-state index contributed by atoms with van der Waals surface area (Å²) >= 11 is 8.10. The van der Waals surface area contributed by atoms with Gasteiger partial charge in [0.25, 0.3) is 0 Å². The number of ketones is 1. The molecule has 48 heavy (non-hydrogen) atoms. The second kappa shape index (κ2) is 14.3. The van der Waals surface area contributed by atoms with Gasteiger partial charge in [0.15, 0.2) is 10.9 Å². The van der Waals surface area contributed by atoms with Gasteiger partial charge in [-0.15, -0.1) is 0 Å². The first-order chi connectivity index (χ1) is 23.4. The molecule has 2 saturated heterocycles. The third-order valence-electron chi connectivity index (χ3n) is 8.49. The molecule has 0 amide bonds. The van der Waals surface area contributed by atoms with Crippen LogP contribution in [0.15, 0.2) is 72.9 Å². The van der Waals surface area contributed by atoms with Crippen molar-refractivity contribution in [3.8, 4) is 27.6 Å². The molecule has 0 saturated carbocycles. The van der Waals surface area contributed by atoms with E-state index in [4.69, 9.17) is 26.3 Å². The van der Waals surface area contributed by atoms with Gasteiger partial charge in [0.1, 0.15) is 24.0 Å². The molecule has 2 aromatic heterocycles. The van der Waals surface area contributed by atoms with Crippen LogP contribution in [0.25, 0.3) is 21.8 Å². The smallest absolute Gasteiger partial charge is 0.227 e. The highest BCUT2D eigenvalue weighted by atomic mass is 35.5. The summed E-state index contributed by atoms with van der Waals surface area (Å²) in [6.07, 6.45) is 5.11. The maximum Gasteiger partial charge on any atom is 0.227 e. The minimum atomic E-state index is -0.871. The number of Topliss-reactive ketones (excluding diaryl/α,β-unsaturated/α-hetero) is 1. The van der Waals surface area contributed by atoms with E-state index in [0.717, 1.165) is 72.5 Å². The topological polar surface area (TPSA) is 83.5 Å². The second-order valence-electron chi connectivity index (χ2n) is 11.8. The lowest BCUT2D eigenvalue weighted by atomic mass is 9.99. The Hall–Kier alpha value is -4.45. The second-order valence-corrected chi connectivity index (χ2v) is 13.2. The SMILES string of the molecule is O=C(Cc1cccc(-c2nc(N3CCC3)sc2-c2ccnc(Nc3ccc(OCCN4CCCC4)c(Cl)c3)n2)c1)c1c(F)cccc1F. The van der Waals surface area contributed by atoms with Crippen LogP contribution in [0.1, 0.15) is 35.2 Å². The van der Waals surface area contributed by atoms with Gasteiger partial charge < -0.3 is 15.0 Å². The van der Waals surface area contributed by atoms with Gasteiger partial charge in [-0.1, -0.05) is 47.2 Å². The van der Waals surface area contributed by atoms with Gasteiger partial charge in [-0.3, -0.25) is 9.69 Å². The number of thiazole rings is 1. The molecule has 0 bridgehead atoms. The lowest BCUT2D eigenvalue weighted by molar-refractivity contribution is 0.0985. The Morgan fingerprint density at radius 2 is 1.73 bits per heavy atom. The van der Waals surface area contributed by atoms with Gasteiger partial charge >= 0.3 is 0 Å². The van der Waals surface area contributed by atoms with Crippen molar-refractivity contribution in [3.63, 3.8) is 0 Å². The van der Waals surface area contributed by atoms with E-state index in [0.29, 0.717) is 40.3 Å². The van der Waals surface area contributed by atoms with E-state index < -0.39 is 23.0 Å². The summed E-state index contributed by atoms with van der Waals surface area (Å²) in [5, 5.41) is 4.63. The number of carbonyl (C=O) groups excluding carboxylic acids is 1. The Labute approximate surface area is 286 Å². The van der Waals surface area contributed by atoms with Gasteiger partial charge in [-0.05, 0) is 80.4 Å². The summed E-state index contributed by atoms with van der Waals surface area (Å²) in [6, 6.07) is 18.1. The molecule has 4 heterocycles. The number of hydrogen-bond donors (Lipinski definition) is 1. The van der Waals surface area contributed by atoms with Gasteiger partial charge in [0.05, 0.1) is 26.9 Å². The minimum absolute atomic E-state index is 0.156. The van der Waals surface area contributed by atoms with Crippen molar-refractivity contribution in [2.75, 3.05) is 49.5 Å². The van der Waals surface area contributed by atoms with E-state index in [1.807, 2.05) is 36.4 Å². The molecule has 7 rings (SSSR count). The van der Waals surface area contributed by atoms with E-state index >= 15 is 0 Å². The molecule has 2 aliphatic rings. The van der Waals surface area contributed by atoms with Crippen LogP contribution >= 0.6 is 22.9 Å². The number of halogens is 3. The zero-order valence-corrected chi connectivity index (χ0v) is 27.7. The maximum atomic E-state index is 14.3. The standard InChI is InChI=1S/C36H33ClF2N6O2S/c37-26-22-25(10-11-31(26)47-19-18-44-14-1-2-15-44)41-35-40-13-12-29(42-35)34-33(43-36(48-34)45-16-5-17-45)24-7-3-6-23(20-24)21-30(46)32-27(38)8-4-9-28(32)39/h3-4,6-13,20,22H,1-2,5,14-19,21H2,(H,40,41,42). The average Bonchev–Trinajstić information content (AvgIpc) is 3.72. The lowest BCUT2D eigenvalue weighted by Crippen LogP contribution is -2.36. The quantitative estimate of drug-likeness (QED) is 0.132. The first-order valence-electron chi connectivity index (χ1n) is 16.0. The van der Waals surface area contributed by atoms with Crippen LogP contribution in [-0.2, 0) is 6.42 Å². The number of hydrogen-bond acceptors (Lipinski definition) is 9. The van der Waals surface area contributed by atoms with Gasteiger partial charge in [-0.2, -0.15) is 0 Å². The van der Waals surface area contributed by atoms with Gasteiger partial charge in [-0.25, -0.2) is 23.7 Å². The van der Waals surface area contributed by atoms with Crippen LogP contribution in [-0.4, -0.2) is 65.0 Å². The Bertz CT molecular complexity index is 1930. The van der Waals surface area contributed by atoms with Crippen LogP contribution < -0.4 is 15.0 Å². The fraction of sp³-hybridized carbons (Fsp3) is 0.278. The molecule has 12 heteroatoms. The number of nitrogens with one attached hydrogen (secondary N) is 1. The van der Waals surface area contributed by atoms with Gasteiger partial charge in [0, 0.05) is 43.5 Å². The lowest BCUT2D eigenvalue weighted by Gasteiger charge is -2.30. The van der Waals surface area contributed by atoms with Crippen molar-refractivity contribution < 1.29 is 18.3 Å². The monoisotopic (exact) mass is 686 g/mol. The minimum Gasteiger partial charge on any atom is -0.491 e. The van der Waals surface area contributed by atoms with Crippen molar-refractivity contribution in [2.24, 2.45) is 0 Å². The number of rotatable bonds is 12. The van der Waals surface area contributed by atoms with E-state index in [2.05, 4.69) is 20.1 Å². The number of nitrogens with zero attached hydrogens (tertiary/aromatic N) is 5. The van der Waals surface area contributed by atoms with Crippen molar-refractivity contribution in [3.05, 3.63) is 101 Å². The molecule has 8 nitrogen and oxygen atoms in total. The summed E-state index contributed by atoms with van der Waals surface area (Å²) in [7, 11) is 0. The van der Waals surface area contributed by atoms with E-state index in [1.165, 1.54) is 30.2 Å². The van der Waals surface area contributed by atoms with Crippen molar-refractivity contribution in [1.29, 1.82) is 0 Å². The molecule has 0 aliphatic carbocycles. The number of carbonyl (C=O) groups is 1. The Kier molecular flexibility index (Phi) is 9.60. The van der Waals surface area contributed by atoms with Crippen molar-refractivity contribution in [1.82, 2.24) is 19.9 Å². The van der Waals surface area contributed by atoms with Crippen molar-refractivity contribution in [2.45, 2.75) is 25.7 Å². The first-order valence-corrected chi connectivity index (χ1v) is 17.2. The molecule has 0 atom stereocenters. The first kappa shape index (κ1) is 32.1. The normalized spacial score (nSPS) is 14.6. The maximum absolute atomic E-state index is 14.3. The third kappa shape index (κ3) is 7.18. The molecule has 2 aliphatic heterocycles. The van der Waals surface area contributed by atoms with E-state index in [-0.39, 0.29) is 6.42 Å². The Balaban J connectivity index is 1.12. The van der Waals surface area contributed by atoms with Crippen LogP contribution in [0, 0.1) is 11.6 Å². The molecular weight excluding hydrogens is 654 g/mol. The van der Waals surface area contributed by atoms with Crippen LogP contribution in [0.4, 0.5) is 25.5 Å². The number of anilines is 3. The molecule has 2 fully saturated rings. The summed E-state index contributed by atoms with van der Waals surface area (Å²) in [4.78, 5) is 32.6. The number of likely N-dealkylation sites (tertiary alicyclic amines) is 1. The predicted octanol–water partition coefficient (Wildman–Crippen LogP) is 8.05. The highest BCUT2D eigenvalue weighted by molar-refractivity contribution is 7.19. The fourth-order valence-corrected chi connectivity index (χ4v) is 7.19. The Morgan fingerprint density at radius 1 is 0.938 bits per heavy atom. The van der Waals surface area contributed by atoms with E-state index in [9.17, 15) is 13.6 Å². The largest absolute Gasteiger partial charge is 0.491 e. The molecule has 0 spiro atoms. The summed E-state index contributed by atoms with van der Waals surface area (Å²) in [5.41, 5.74) is 2.96. The molecule has 0 radical (unpaired) electrons. The highest BCUT2D eigenvalue weighted by Gasteiger charge is 2.24. The average molecular weight is 687 g/mol. The number of ether oxygens (including phenoxy) is 1. The molecular formula is C36H33ClF2N6O2S. The van der Waals surface area contributed by atoms with Crippen LogP contribution in [0.2, 0.25) is 5.02 Å². The molecule has 246 valence electrons. The number of aromatic nitrogens is 3. The Morgan fingerprint density at radius 3 is 2.48 bits per heavy atom. The molecule has 5 aromatic rings. The highest BCUT2D eigenvalue weighted by Crippen LogP contribution is 2.41. The fourth-order valence-electron chi connectivity index (χ4n) is 5.85. The van der Waals surface area contributed by atoms with Crippen LogP contribution in [0.3, 0.4) is 0 Å². The summed E-state index contributed by atoms with van der Waals surface area (Å²) < 4.78 is 34.5. The third-order valence-corrected chi connectivity index (χ3v) is 9.92. The predicted molar refractivity (Wildman–Crippen MR) is 186 cm³/mol. The van der Waals surface area contributed by atoms with E-state index in [1.54, 1.807) is 18.3 Å². The zero-order valence-electron chi connectivity index (χ0n) is 26.1. The molecule has 3 aromatic carbocycles. The zero-order chi connectivity index (χ0) is 33.0. The van der Waals surface area contributed by atoms with Gasteiger partial charge in [0.2, 0.25) is 5.95 Å². The summed E-state index contributed by atoms with van der Waals surface area (Å²) in [5.74, 6) is -1.35.